The average molecular weight is 278 g/mol. The Hall–Kier alpha value is -2.87. The smallest absolute Gasteiger partial charge is 0.165 e. The summed E-state index contributed by atoms with van der Waals surface area (Å²) in [4.78, 5) is 4.27. The molecule has 0 radical (unpaired) electrons. The van der Waals surface area contributed by atoms with Crippen molar-refractivity contribution in [1.82, 2.24) is 14.8 Å². The van der Waals surface area contributed by atoms with Crippen LogP contribution in [0.2, 0.25) is 0 Å². The molecular formula is C16H14N4O. The predicted octanol–water partition coefficient (Wildman–Crippen LogP) is 3.51. The molecule has 0 spiro atoms. The molecule has 2 aromatic heterocycles. The number of ether oxygens (including phenoxy) is 1. The van der Waals surface area contributed by atoms with Crippen LogP contribution in [0.4, 0.5) is 0 Å². The molecule has 0 fully saturated rings. The molecule has 3 rings (SSSR count). The van der Waals surface area contributed by atoms with Gasteiger partial charge < -0.3 is 4.74 Å². The third kappa shape index (κ3) is 2.56. The van der Waals surface area contributed by atoms with Gasteiger partial charge in [-0.05, 0) is 18.6 Å². The van der Waals surface area contributed by atoms with Gasteiger partial charge in [0.1, 0.15) is 11.6 Å². The Labute approximate surface area is 122 Å². The van der Waals surface area contributed by atoms with Crippen molar-refractivity contribution in [3.05, 3.63) is 48.4 Å². The van der Waals surface area contributed by atoms with Crippen molar-refractivity contribution in [3.63, 3.8) is 0 Å². The van der Waals surface area contributed by atoms with E-state index in [1.165, 1.54) is 6.20 Å². The van der Waals surface area contributed by atoms with Gasteiger partial charge in [-0.15, -0.1) is 0 Å². The number of para-hydroxylation sites is 1. The first-order valence-electron chi connectivity index (χ1n) is 6.80. The third-order valence-electron chi connectivity index (χ3n) is 3.13. The van der Waals surface area contributed by atoms with Gasteiger partial charge in [-0.25, -0.2) is 0 Å². The van der Waals surface area contributed by atoms with Crippen LogP contribution in [0.15, 0.2) is 42.9 Å². The Morgan fingerprint density at radius 1 is 1.29 bits per heavy atom. The SMILES string of the molecule is CCCn1cc(Oc2c(C#N)cnc3ccccc23)cn1. The molecule has 0 aliphatic rings. The zero-order valence-corrected chi connectivity index (χ0v) is 11.7. The standard InChI is InChI=1S/C16H14N4O/c1-2-7-20-11-13(10-19-20)21-16-12(8-17)9-18-15-6-4-3-5-14(15)16/h3-6,9-11H,2,7H2,1H3. The first-order valence-corrected chi connectivity index (χ1v) is 6.80. The van der Waals surface area contributed by atoms with Crippen LogP contribution in [0.5, 0.6) is 11.5 Å². The topological polar surface area (TPSA) is 63.7 Å². The summed E-state index contributed by atoms with van der Waals surface area (Å²) in [5.74, 6) is 1.15. The largest absolute Gasteiger partial charge is 0.452 e. The van der Waals surface area contributed by atoms with Crippen LogP contribution in [0.25, 0.3) is 10.9 Å². The van der Waals surface area contributed by atoms with E-state index in [1.807, 2.05) is 35.1 Å². The van der Waals surface area contributed by atoms with Crippen LogP contribution in [0, 0.1) is 11.3 Å². The van der Waals surface area contributed by atoms with E-state index in [0.717, 1.165) is 23.9 Å². The van der Waals surface area contributed by atoms with Crippen molar-refractivity contribution in [2.75, 3.05) is 0 Å². The lowest BCUT2D eigenvalue weighted by Crippen LogP contribution is -1.95. The van der Waals surface area contributed by atoms with E-state index >= 15 is 0 Å². The molecule has 5 nitrogen and oxygen atoms in total. The fourth-order valence-corrected chi connectivity index (χ4v) is 2.17. The summed E-state index contributed by atoms with van der Waals surface area (Å²) >= 11 is 0. The molecule has 0 atom stereocenters. The summed E-state index contributed by atoms with van der Waals surface area (Å²) in [6.07, 6.45) is 6.03. The first kappa shape index (κ1) is 13.1. The van der Waals surface area contributed by atoms with Crippen molar-refractivity contribution in [3.8, 4) is 17.6 Å². The molecule has 1 aromatic carbocycles. The second-order valence-corrected chi connectivity index (χ2v) is 4.67. The maximum absolute atomic E-state index is 9.25. The molecule has 0 saturated heterocycles. The summed E-state index contributed by atoms with van der Waals surface area (Å²) in [6, 6.07) is 9.72. The minimum absolute atomic E-state index is 0.414. The number of fused-ring (bicyclic) bond motifs is 1. The molecule has 0 bridgehead atoms. The van der Waals surface area contributed by atoms with Crippen LogP contribution >= 0.6 is 0 Å². The van der Waals surface area contributed by atoms with Crippen LogP contribution in [-0.4, -0.2) is 14.8 Å². The molecule has 0 aliphatic heterocycles. The molecule has 0 aliphatic carbocycles. The fourth-order valence-electron chi connectivity index (χ4n) is 2.17. The van der Waals surface area contributed by atoms with E-state index in [9.17, 15) is 5.26 Å². The number of rotatable bonds is 4. The normalized spacial score (nSPS) is 10.5. The number of pyridine rings is 1. The van der Waals surface area contributed by atoms with Gasteiger partial charge in [0.2, 0.25) is 0 Å². The quantitative estimate of drug-likeness (QED) is 0.732. The Balaban J connectivity index is 2.04. The van der Waals surface area contributed by atoms with E-state index in [2.05, 4.69) is 23.1 Å². The van der Waals surface area contributed by atoms with E-state index in [0.29, 0.717) is 17.1 Å². The Kier molecular flexibility index (Phi) is 3.52. The highest BCUT2D eigenvalue weighted by Crippen LogP contribution is 2.31. The summed E-state index contributed by atoms with van der Waals surface area (Å²) in [5.41, 5.74) is 1.21. The van der Waals surface area contributed by atoms with Gasteiger partial charge in [-0.2, -0.15) is 10.4 Å². The molecule has 0 N–H and O–H groups in total. The number of nitriles is 1. The lowest BCUT2D eigenvalue weighted by molar-refractivity contribution is 0.484. The lowest BCUT2D eigenvalue weighted by atomic mass is 10.1. The van der Waals surface area contributed by atoms with E-state index in [4.69, 9.17) is 4.74 Å². The zero-order chi connectivity index (χ0) is 14.7. The molecule has 0 amide bonds. The van der Waals surface area contributed by atoms with Crippen LogP contribution in [-0.2, 0) is 6.54 Å². The van der Waals surface area contributed by atoms with Gasteiger partial charge in [-0.1, -0.05) is 19.1 Å². The molecule has 21 heavy (non-hydrogen) atoms. The summed E-state index contributed by atoms with van der Waals surface area (Å²) < 4.78 is 7.72. The van der Waals surface area contributed by atoms with Crippen molar-refractivity contribution in [2.45, 2.75) is 19.9 Å². The fraction of sp³-hybridized carbons (Fsp3) is 0.188. The molecule has 0 saturated carbocycles. The molecule has 3 aromatic rings. The maximum Gasteiger partial charge on any atom is 0.165 e. The number of hydrogen-bond acceptors (Lipinski definition) is 4. The second kappa shape index (κ2) is 5.63. The van der Waals surface area contributed by atoms with Gasteiger partial charge in [0.25, 0.3) is 0 Å². The summed E-state index contributed by atoms with van der Waals surface area (Å²) in [7, 11) is 0. The van der Waals surface area contributed by atoms with E-state index < -0.39 is 0 Å². The highest BCUT2D eigenvalue weighted by Gasteiger charge is 2.12. The van der Waals surface area contributed by atoms with E-state index in [1.54, 1.807) is 6.20 Å². The zero-order valence-electron chi connectivity index (χ0n) is 11.7. The molecule has 104 valence electrons. The highest BCUT2D eigenvalue weighted by atomic mass is 16.5. The molecule has 2 heterocycles. The van der Waals surface area contributed by atoms with Gasteiger partial charge in [-0.3, -0.25) is 9.67 Å². The van der Waals surface area contributed by atoms with E-state index in [-0.39, 0.29) is 0 Å². The third-order valence-corrected chi connectivity index (χ3v) is 3.13. The molecule has 5 heteroatoms. The average Bonchev–Trinajstić information content (AvgIpc) is 2.95. The van der Waals surface area contributed by atoms with Gasteiger partial charge >= 0.3 is 0 Å². The summed E-state index contributed by atoms with van der Waals surface area (Å²) in [6.45, 7) is 2.93. The number of hydrogen-bond donors (Lipinski definition) is 0. The minimum atomic E-state index is 0.414. The van der Waals surface area contributed by atoms with Gasteiger partial charge in [0.15, 0.2) is 11.5 Å². The van der Waals surface area contributed by atoms with Gasteiger partial charge in [0, 0.05) is 18.1 Å². The number of benzene rings is 1. The molecule has 0 unspecified atom stereocenters. The Morgan fingerprint density at radius 3 is 2.95 bits per heavy atom. The van der Waals surface area contributed by atoms with Crippen molar-refractivity contribution < 1.29 is 4.74 Å². The first-order chi connectivity index (χ1) is 10.3. The van der Waals surface area contributed by atoms with Crippen LogP contribution in [0.1, 0.15) is 18.9 Å². The van der Waals surface area contributed by atoms with Crippen LogP contribution in [0.3, 0.4) is 0 Å². The lowest BCUT2D eigenvalue weighted by Gasteiger charge is -2.08. The van der Waals surface area contributed by atoms with Crippen molar-refractivity contribution >= 4 is 10.9 Å². The minimum Gasteiger partial charge on any atom is -0.452 e. The summed E-state index contributed by atoms with van der Waals surface area (Å²) in [5, 5.41) is 14.3. The monoisotopic (exact) mass is 278 g/mol. The Morgan fingerprint density at radius 2 is 2.14 bits per heavy atom. The number of aryl methyl sites for hydroxylation is 1. The van der Waals surface area contributed by atoms with Gasteiger partial charge in [0.05, 0.1) is 17.9 Å². The van der Waals surface area contributed by atoms with Crippen molar-refractivity contribution in [2.24, 2.45) is 0 Å². The highest BCUT2D eigenvalue weighted by molar-refractivity contribution is 5.87. The number of nitrogens with zero attached hydrogens (tertiary/aromatic N) is 4. The predicted molar refractivity (Wildman–Crippen MR) is 79.1 cm³/mol. The Bertz CT molecular complexity index is 817. The van der Waals surface area contributed by atoms with Crippen molar-refractivity contribution in [1.29, 1.82) is 5.26 Å². The maximum atomic E-state index is 9.25. The number of aromatic nitrogens is 3. The molecular weight excluding hydrogens is 264 g/mol. The van der Waals surface area contributed by atoms with Crippen LogP contribution < -0.4 is 4.74 Å². The second-order valence-electron chi connectivity index (χ2n) is 4.67.